The van der Waals surface area contributed by atoms with Crippen molar-refractivity contribution >= 4 is 39.5 Å². The van der Waals surface area contributed by atoms with Gasteiger partial charge in [0.25, 0.3) is 0 Å². The van der Waals surface area contributed by atoms with Crippen molar-refractivity contribution in [3.63, 3.8) is 0 Å². The van der Waals surface area contributed by atoms with Gasteiger partial charge < -0.3 is 9.30 Å². The summed E-state index contributed by atoms with van der Waals surface area (Å²) in [6.45, 7) is 4.80. The predicted molar refractivity (Wildman–Crippen MR) is 87.2 cm³/mol. The first kappa shape index (κ1) is 15.0. The van der Waals surface area contributed by atoms with Gasteiger partial charge in [-0.15, -0.1) is 0 Å². The number of esters is 1. The van der Waals surface area contributed by atoms with E-state index in [0.717, 1.165) is 22.1 Å². The molecule has 0 spiro atoms. The summed E-state index contributed by atoms with van der Waals surface area (Å²) in [6, 6.07) is 5.69. The highest BCUT2D eigenvalue weighted by Crippen LogP contribution is 2.16. The van der Waals surface area contributed by atoms with Crippen molar-refractivity contribution in [2.75, 3.05) is 6.61 Å². The molecule has 1 aromatic carbocycles. The summed E-state index contributed by atoms with van der Waals surface area (Å²) in [6.07, 6.45) is 2.53. The van der Waals surface area contributed by atoms with Gasteiger partial charge in [-0.3, -0.25) is 4.79 Å². The minimum absolute atomic E-state index is 0.106. The van der Waals surface area contributed by atoms with E-state index >= 15 is 0 Å². The minimum Gasteiger partial charge on any atom is -0.462 e. The van der Waals surface area contributed by atoms with Crippen LogP contribution in [0.3, 0.4) is 0 Å². The molecule has 0 amide bonds. The molecular weight excluding hydrogens is 369 g/mol. The Balaban J connectivity index is 2.74. The van der Waals surface area contributed by atoms with E-state index in [4.69, 9.17) is 4.74 Å². The van der Waals surface area contributed by atoms with Crippen molar-refractivity contribution in [3.05, 3.63) is 43.8 Å². The van der Waals surface area contributed by atoms with Crippen LogP contribution in [0.25, 0.3) is 10.9 Å². The van der Waals surface area contributed by atoms with Crippen molar-refractivity contribution in [2.24, 2.45) is 0 Å². The van der Waals surface area contributed by atoms with E-state index in [1.807, 2.05) is 22.8 Å². The number of benzene rings is 1. The molecule has 0 saturated carbocycles. The van der Waals surface area contributed by atoms with Crippen molar-refractivity contribution in [2.45, 2.75) is 26.8 Å². The van der Waals surface area contributed by atoms with Crippen LogP contribution in [0.15, 0.2) is 29.2 Å². The largest absolute Gasteiger partial charge is 0.462 e. The zero-order valence-corrected chi connectivity index (χ0v) is 13.6. The van der Waals surface area contributed by atoms with Crippen LogP contribution in [0.2, 0.25) is 0 Å². The molecule has 0 N–H and O–H groups in total. The molecule has 2 aromatic rings. The number of rotatable bonds is 4. The minimum atomic E-state index is -0.553. The van der Waals surface area contributed by atoms with Crippen LogP contribution in [-0.4, -0.2) is 17.1 Å². The summed E-state index contributed by atoms with van der Waals surface area (Å²) in [5.41, 5.74) is 0.699. The summed E-state index contributed by atoms with van der Waals surface area (Å²) < 4.78 is 7.88. The van der Waals surface area contributed by atoms with Gasteiger partial charge in [0.1, 0.15) is 5.56 Å². The topological polar surface area (TPSA) is 48.3 Å². The average Bonchev–Trinajstić information content (AvgIpc) is 2.42. The highest BCUT2D eigenvalue weighted by Gasteiger charge is 2.16. The number of nitrogens with zero attached hydrogens (tertiary/aromatic N) is 1. The normalized spacial score (nSPS) is 10.8. The number of fused-ring (bicyclic) bond motifs is 1. The van der Waals surface area contributed by atoms with Crippen LogP contribution in [0.5, 0.6) is 0 Å². The van der Waals surface area contributed by atoms with E-state index < -0.39 is 5.97 Å². The zero-order chi connectivity index (χ0) is 14.7. The summed E-state index contributed by atoms with van der Waals surface area (Å²) >= 11 is 2.16. The maximum atomic E-state index is 12.4. The van der Waals surface area contributed by atoms with Gasteiger partial charge in [0.2, 0.25) is 5.43 Å². The molecule has 5 heteroatoms. The van der Waals surface area contributed by atoms with Crippen molar-refractivity contribution in [3.8, 4) is 0 Å². The molecule has 0 bridgehead atoms. The van der Waals surface area contributed by atoms with Gasteiger partial charge in [-0.05, 0) is 54.1 Å². The Labute approximate surface area is 130 Å². The molecule has 1 heterocycles. The van der Waals surface area contributed by atoms with E-state index in [9.17, 15) is 9.59 Å². The Morgan fingerprint density at radius 1 is 1.35 bits per heavy atom. The average molecular weight is 385 g/mol. The maximum Gasteiger partial charge on any atom is 0.343 e. The van der Waals surface area contributed by atoms with Gasteiger partial charge in [0, 0.05) is 21.7 Å². The Morgan fingerprint density at radius 3 is 2.75 bits per heavy atom. The zero-order valence-electron chi connectivity index (χ0n) is 11.5. The third kappa shape index (κ3) is 2.87. The summed E-state index contributed by atoms with van der Waals surface area (Å²) in [4.78, 5) is 24.3. The fourth-order valence-electron chi connectivity index (χ4n) is 2.15. The van der Waals surface area contributed by atoms with Gasteiger partial charge in [0.05, 0.1) is 12.1 Å². The Kier molecular flexibility index (Phi) is 4.80. The number of carbonyl (C=O) groups is 1. The second-order valence-corrected chi connectivity index (χ2v) is 5.69. The van der Waals surface area contributed by atoms with E-state index in [0.29, 0.717) is 5.39 Å². The second kappa shape index (κ2) is 6.39. The standard InChI is InChI=1S/C15H16INO3/c1-3-7-17-9-12(15(19)20-4-2)14(18)11-8-10(16)5-6-13(11)17/h5-6,8-9H,3-4,7H2,1-2H3. The van der Waals surface area contributed by atoms with E-state index in [2.05, 4.69) is 29.5 Å². The molecule has 0 atom stereocenters. The quantitative estimate of drug-likeness (QED) is 0.600. The first-order chi connectivity index (χ1) is 9.58. The lowest BCUT2D eigenvalue weighted by atomic mass is 10.1. The molecule has 2 rings (SSSR count). The molecule has 0 aliphatic rings. The third-order valence-electron chi connectivity index (χ3n) is 3.00. The summed E-state index contributed by atoms with van der Waals surface area (Å²) in [5, 5.41) is 0.566. The highest BCUT2D eigenvalue weighted by molar-refractivity contribution is 14.1. The van der Waals surface area contributed by atoms with Crippen molar-refractivity contribution < 1.29 is 9.53 Å². The first-order valence-corrected chi connectivity index (χ1v) is 7.66. The number of pyridine rings is 1. The van der Waals surface area contributed by atoms with E-state index in [1.165, 1.54) is 0 Å². The number of aryl methyl sites for hydroxylation is 1. The number of aromatic nitrogens is 1. The summed E-state index contributed by atoms with van der Waals surface area (Å²) in [5.74, 6) is -0.553. The van der Waals surface area contributed by atoms with Gasteiger partial charge >= 0.3 is 5.97 Å². The molecule has 4 nitrogen and oxygen atoms in total. The number of halogens is 1. The lowest BCUT2D eigenvalue weighted by Gasteiger charge is -2.12. The number of hydrogen-bond donors (Lipinski definition) is 0. The van der Waals surface area contributed by atoms with Crippen molar-refractivity contribution in [1.82, 2.24) is 4.57 Å². The lowest BCUT2D eigenvalue weighted by Crippen LogP contribution is -2.21. The smallest absolute Gasteiger partial charge is 0.343 e. The molecule has 0 saturated heterocycles. The van der Waals surface area contributed by atoms with Crippen LogP contribution in [0.4, 0.5) is 0 Å². The summed E-state index contributed by atoms with van der Waals surface area (Å²) in [7, 11) is 0. The molecular formula is C15H16INO3. The fraction of sp³-hybridized carbons (Fsp3) is 0.333. The molecule has 20 heavy (non-hydrogen) atoms. The van der Waals surface area contributed by atoms with Gasteiger partial charge in [-0.25, -0.2) is 4.79 Å². The predicted octanol–water partition coefficient (Wildman–Crippen LogP) is 3.19. The van der Waals surface area contributed by atoms with Crippen LogP contribution in [-0.2, 0) is 11.3 Å². The Hall–Kier alpha value is -1.37. The van der Waals surface area contributed by atoms with Crippen LogP contribution >= 0.6 is 22.6 Å². The SMILES string of the molecule is CCCn1cc(C(=O)OCC)c(=O)c2cc(I)ccc21. The van der Waals surface area contributed by atoms with E-state index in [-0.39, 0.29) is 17.6 Å². The van der Waals surface area contributed by atoms with Crippen molar-refractivity contribution in [1.29, 1.82) is 0 Å². The molecule has 0 aliphatic heterocycles. The second-order valence-electron chi connectivity index (χ2n) is 4.45. The monoisotopic (exact) mass is 385 g/mol. The first-order valence-electron chi connectivity index (χ1n) is 6.58. The van der Waals surface area contributed by atoms with E-state index in [1.54, 1.807) is 13.1 Å². The van der Waals surface area contributed by atoms with Gasteiger partial charge in [0.15, 0.2) is 0 Å². The highest BCUT2D eigenvalue weighted by atomic mass is 127. The lowest BCUT2D eigenvalue weighted by molar-refractivity contribution is 0.0524. The van der Waals surface area contributed by atoms with Crippen LogP contribution < -0.4 is 5.43 Å². The number of carbonyl (C=O) groups excluding carboxylic acids is 1. The van der Waals surface area contributed by atoms with Crippen LogP contribution in [0.1, 0.15) is 30.6 Å². The van der Waals surface area contributed by atoms with Crippen LogP contribution in [0, 0.1) is 3.57 Å². The number of hydrogen-bond acceptors (Lipinski definition) is 3. The molecule has 0 fully saturated rings. The Morgan fingerprint density at radius 2 is 2.10 bits per heavy atom. The molecule has 106 valence electrons. The molecule has 0 unspecified atom stereocenters. The molecule has 0 radical (unpaired) electrons. The van der Waals surface area contributed by atoms with Gasteiger partial charge in [-0.1, -0.05) is 6.92 Å². The maximum absolute atomic E-state index is 12.4. The fourth-order valence-corrected chi connectivity index (χ4v) is 2.64. The Bertz CT molecular complexity index is 706. The van der Waals surface area contributed by atoms with Gasteiger partial charge in [-0.2, -0.15) is 0 Å². The third-order valence-corrected chi connectivity index (χ3v) is 3.67. The molecule has 0 aliphatic carbocycles. The molecule has 1 aromatic heterocycles. The number of ether oxygens (including phenoxy) is 1.